The molecule has 1 saturated heterocycles. The molecule has 6 nitrogen and oxygen atoms in total. The smallest absolute Gasteiger partial charge is 0.259 e. The largest absolute Gasteiger partial charge is 0.336 e. The minimum atomic E-state index is 0.0248. The van der Waals surface area contributed by atoms with E-state index in [0.717, 1.165) is 26.2 Å². The number of carbonyl (C=O) groups is 1. The first-order valence-electron chi connectivity index (χ1n) is 6.02. The lowest BCUT2D eigenvalue weighted by atomic mass is 10.2. The molecule has 0 unspecified atom stereocenters. The summed E-state index contributed by atoms with van der Waals surface area (Å²) in [5.41, 5.74) is 1.21. The van der Waals surface area contributed by atoms with Crippen LogP contribution in [0.25, 0.3) is 5.65 Å². The van der Waals surface area contributed by atoms with Gasteiger partial charge in [-0.1, -0.05) is 0 Å². The van der Waals surface area contributed by atoms with Gasteiger partial charge >= 0.3 is 0 Å². The van der Waals surface area contributed by atoms with Crippen LogP contribution in [0.4, 0.5) is 0 Å². The molecule has 1 amide bonds. The lowest BCUT2D eigenvalue weighted by Crippen LogP contribution is -2.47. The van der Waals surface area contributed by atoms with E-state index in [1.807, 2.05) is 4.90 Å². The first kappa shape index (κ1) is 11.2. The van der Waals surface area contributed by atoms with Gasteiger partial charge in [-0.3, -0.25) is 4.79 Å². The van der Waals surface area contributed by atoms with Crippen molar-refractivity contribution in [2.24, 2.45) is 0 Å². The number of aromatic nitrogens is 3. The van der Waals surface area contributed by atoms with E-state index in [2.05, 4.69) is 22.0 Å². The van der Waals surface area contributed by atoms with E-state index in [1.165, 1.54) is 0 Å². The van der Waals surface area contributed by atoms with Gasteiger partial charge in [0.1, 0.15) is 5.56 Å². The van der Waals surface area contributed by atoms with Gasteiger partial charge in [0, 0.05) is 38.6 Å². The summed E-state index contributed by atoms with van der Waals surface area (Å²) in [6, 6.07) is 1.80. The standard InChI is InChI=1S/C12H15N5O/c1-15-5-7-16(8-6-15)12(18)10-9-14-17-4-2-3-13-11(10)17/h2-4,9H,5-8H2,1H3. The Morgan fingerprint density at radius 1 is 1.28 bits per heavy atom. The molecule has 0 radical (unpaired) electrons. The zero-order valence-corrected chi connectivity index (χ0v) is 10.3. The van der Waals surface area contributed by atoms with E-state index in [-0.39, 0.29) is 5.91 Å². The number of fused-ring (bicyclic) bond motifs is 1. The molecule has 0 N–H and O–H groups in total. The molecular weight excluding hydrogens is 230 g/mol. The van der Waals surface area contributed by atoms with Crippen LogP contribution in [0.2, 0.25) is 0 Å². The van der Waals surface area contributed by atoms with Crippen molar-refractivity contribution in [1.29, 1.82) is 0 Å². The minimum absolute atomic E-state index is 0.0248. The van der Waals surface area contributed by atoms with Crippen LogP contribution in [0.3, 0.4) is 0 Å². The highest BCUT2D eigenvalue weighted by Gasteiger charge is 2.23. The van der Waals surface area contributed by atoms with Gasteiger partial charge in [-0.25, -0.2) is 9.50 Å². The maximum atomic E-state index is 12.4. The van der Waals surface area contributed by atoms with Gasteiger partial charge in [0.15, 0.2) is 5.65 Å². The first-order valence-corrected chi connectivity index (χ1v) is 6.02. The van der Waals surface area contributed by atoms with E-state index in [1.54, 1.807) is 29.2 Å². The lowest BCUT2D eigenvalue weighted by molar-refractivity contribution is 0.0666. The minimum Gasteiger partial charge on any atom is -0.336 e. The summed E-state index contributed by atoms with van der Waals surface area (Å²) >= 11 is 0. The summed E-state index contributed by atoms with van der Waals surface area (Å²) in [6.07, 6.45) is 5.07. The average molecular weight is 245 g/mol. The third-order valence-electron chi connectivity index (χ3n) is 3.30. The number of likely N-dealkylation sites (N-methyl/N-ethyl adjacent to an activating group) is 1. The first-order chi connectivity index (χ1) is 8.75. The van der Waals surface area contributed by atoms with Crippen LogP contribution in [-0.2, 0) is 0 Å². The molecular formula is C12H15N5O. The highest BCUT2D eigenvalue weighted by molar-refractivity contribution is 5.99. The molecule has 3 heterocycles. The van der Waals surface area contributed by atoms with Crippen molar-refractivity contribution in [2.75, 3.05) is 33.2 Å². The second-order valence-corrected chi connectivity index (χ2v) is 4.54. The van der Waals surface area contributed by atoms with Gasteiger partial charge in [0.05, 0.1) is 6.20 Å². The molecule has 0 atom stereocenters. The molecule has 6 heteroatoms. The quantitative estimate of drug-likeness (QED) is 0.716. The van der Waals surface area contributed by atoms with E-state index < -0.39 is 0 Å². The third-order valence-corrected chi connectivity index (χ3v) is 3.30. The summed E-state index contributed by atoms with van der Waals surface area (Å²) < 4.78 is 1.63. The summed E-state index contributed by atoms with van der Waals surface area (Å²) in [7, 11) is 2.07. The fraction of sp³-hybridized carbons (Fsp3) is 0.417. The normalized spacial score (nSPS) is 17.3. The molecule has 0 aromatic carbocycles. The van der Waals surface area contributed by atoms with Crippen LogP contribution >= 0.6 is 0 Å². The Hall–Kier alpha value is -1.95. The number of nitrogens with zero attached hydrogens (tertiary/aromatic N) is 5. The van der Waals surface area contributed by atoms with E-state index in [4.69, 9.17) is 0 Å². The molecule has 0 spiro atoms. The number of amides is 1. The van der Waals surface area contributed by atoms with Crippen molar-refractivity contribution in [3.05, 3.63) is 30.2 Å². The number of hydrogen-bond donors (Lipinski definition) is 0. The Bertz CT molecular complexity index is 571. The molecule has 18 heavy (non-hydrogen) atoms. The molecule has 1 aliphatic rings. The number of piperazine rings is 1. The second-order valence-electron chi connectivity index (χ2n) is 4.54. The molecule has 0 aliphatic carbocycles. The van der Waals surface area contributed by atoms with Gasteiger partial charge in [0.25, 0.3) is 5.91 Å². The molecule has 2 aromatic heterocycles. The van der Waals surface area contributed by atoms with Crippen LogP contribution < -0.4 is 0 Å². The molecule has 3 rings (SSSR count). The predicted molar refractivity (Wildman–Crippen MR) is 66.4 cm³/mol. The Morgan fingerprint density at radius 3 is 2.83 bits per heavy atom. The highest BCUT2D eigenvalue weighted by Crippen LogP contribution is 2.12. The van der Waals surface area contributed by atoms with Crippen molar-refractivity contribution < 1.29 is 4.79 Å². The Morgan fingerprint density at radius 2 is 2.06 bits per heavy atom. The third kappa shape index (κ3) is 1.84. The van der Waals surface area contributed by atoms with Crippen LogP contribution in [-0.4, -0.2) is 63.5 Å². The fourth-order valence-corrected chi connectivity index (χ4v) is 2.16. The van der Waals surface area contributed by atoms with Crippen molar-refractivity contribution in [3.63, 3.8) is 0 Å². The van der Waals surface area contributed by atoms with Crippen LogP contribution in [0.5, 0.6) is 0 Å². The number of carbonyl (C=O) groups excluding carboxylic acids is 1. The van der Waals surface area contributed by atoms with Gasteiger partial charge < -0.3 is 9.80 Å². The van der Waals surface area contributed by atoms with Crippen molar-refractivity contribution in [1.82, 2.24) is 24.4 Å². The molecule has 0 bridgehead atoms. The van der Waals surface area contributed by atoms with Gasteiger partial charge in [0.2, 0.25) is 0 Å². The van der Waals surface area contributed by atoms with E-state index in [9.17, 15) is 4.79 Å². The molecule has 1 fully saturated rings. The average Bonchev–Trinajstić information content (AvgIpc) is 2.82. The molecule has 2 aromatic rings. The van der Waals surface area contributed by atoms with Crippen LogP contribution in [0, 0.1) is 0 Å². The topological polar surface area (TPSA) is 53.7 Å². The van der Waals surface area contributed by atoms with Crippen molar-refractivity contribution >= 4 is 11.6 Å². The van der Waals surface area contributed by atoms with Gasteiger partial charge in [-0.05, 0) is 13.1 Å². The predicted octanol–water partition coefficient (Wildman–Crippen LogP) is 0.117. The maximum Gasteiger partial charge on any atom is 0.259 e. The zero-order chi connectivity index (χ0) is 12.5. The van der Waals surface area contributed by atoms with Crippen molar-refractivity contribution in [2.45, 2.75) is 0 Å². The molecule has 1 aliphatic heterocycles. The summed E-state index contributed by atoms with van der Waals surface area (Å²) in [4.78, 5) is 20.7. The van der Waals surface area contributed by atoms with Crippen LogP contribution in [0.1, 0.15) is 10.4 Å². The van der Waals surface area contributed by atoms with Crippen LogP contribution in [0.15, 0.2) is 24.7 Å². The number of hydrogen-bond acceptors (Lipinski definition) is 4. The van der Waals surface area contributed by atoms with Gasteiger partial charge in [-0.2, -0.15) is 5.10 Å². The maximum absolute atomic E-state index is 12.4. The fourth-order valence-electron chi connectivity index (χ4n) is 2.16. The van der Waals surface area contributed by atoms with Crippen molar-refractivity contribution in [3.8, 4) is 0 Å². The zero-order valence-electron chi connectivity index (χ0n) is 10.3. The summed E-state index contributed by atoms with van der Waals surface area (Å²) in [5.74, 6) is 0.0248. The summed E-state index contributed by atoms with van der Waals surface area (Å²) in [6.45, 7) is 3.36. The SMILES string of the molecule is CN1CCN(C(=O)c2cnn3cccnc23)CC1. The molecule has 94 valence electrons. The van der Waals surface area contributed by atoms with E-state index >= 15 is 0 Å². The lowest BCUT2D eigenvalue weighted by Gasteiger charge is -2.32. The Balaban J connectivity index is 1.88. The highest BCUT2D eigenvalue weighted by atomic mass is 16.2. The summed E-state index contributed by atoms with van der Waals surface area (Å²) in [5, 5.41) is 4.15. The molecule has 0 saturated carbocycles. The van der Waals surface area contributed by atoms with E-state index in [0.29, 0.717) is 11.2 Å². The Labute approximate surface area is 105 Å². The monoisotopic (exact) mass is 245 g/mol. The van der Waals surface area contributed by atoms with Gasteiger partial charge in [-0.15, -0.1) is 0 Å². The number of rotatable bonds is 1. The second kappa shape index (κ2) is 4.38. The Kier molecular flexibility index (Phi) is 2.71.